The number of thiocarbonyl (C=S) groups is 1. The summed E-state index contributed by atoms with van der Waals surface area (Å²) in [5.74, 6) is 0.803. The number of carbonyl (C=O) groups is 2. The summed E-state index contributed by atoms with van der Waals surface area (Å²) >= 11 is 4.96. The molecular formula is C19H21N3O4S. The van der Waals surface area contributed by atoms with Crippen LogP contribution in [-0.4, -0.2) is 23.5 Å². The summed E-state index contributed by atoms with van der Waals surface area (Å²) in [4.78, 5) is 23.8. The summed E-state index contributed by atoms with van der Waals surface area (Å²) in [7, 11) is 0. The van der Waals surface area contributed by atoms with E-state index in [1.165, 1.54) is 18.4 Å². The molecular weight excluding hydrogens is 366 g/mol. The van der Waals surface area contributed by atoms with Gasteiger partial charge in [-0.15, -0.1) is 0 Å². The molecule has 1 heterocycles. The number of carbonyl (C=O) groups excluding carboxylic acids is 2. The Morgan fingerprint density at radius 3 is 2.56 bits per heavy atom. The predicted octanol–water partition coefficient (Wildman–Crippen LogP) is 2.66. The van der Waals surface area contributed by atoms with Gasteiger partial charge in [0.05, 0.1) is 12.9 Å². The second-order valence-electron chi connectivity index (χ2n) is 5.98. The van der Waals surface area contributed by atoms with E-state index in [0.29, 0.717) is 29.6 Å². The smallest absolute Gasteiger partial charge is 0.269 e. The predicted molar refractivity (Wildman–Crippen MR) is 106 cm³/mol. The molecule has 142 valence electrons. The number of hydrogen-bond donors (Lipinski definition) is 3. The first kappa shape index (κ1) is 20.2. The average Bonchev–Trinajstić information content (AvgIpc) is 3.17. The molecule has 2 rings (SSSR count). The Morgan fingerprint density at radius 2 is 1.93 bits per heavy atom. The van der Waals surface area contributed by atoms with Crippen LogP contribution in [0.1, 0.15) is 30.0 Å². The number of amides is 2. The number of nitrogens with one attached hydrogen (secondary N) is 3. The SMILES string of the molecule is CC(C)COc1ccc(C(=O)NNC(=S)NC(=O)/C=C/c2ccco2)cc1. The maximum atomic E-state index is 12.1. The summed E-state index contributed by atoms with van der Waals surface area (Å²) in [5, 5.41) is 2.37. The third-order valence-electron chi connectivity index (χ3n) is 3.17. The quantitative estimate of drug-likeness (QED) is 0.401. The minimum atomic E-state index is -0.454. The molecule has 0 unspecified atom stereocenters. The number of rotatable bonds is 6. The Balaban J connectivity index is 1.75. The Hall–Kier alpha value is -3.13. The van der Waals surface area contributed by atoms with Crippen LogP contribution in [0.25, 0.3) is 6.08 Å². The molecule has 0 saturated heterocycles. The number of ether oxygens (including phenoxy) is 1. The van der Waals surface area contributed by atoms with Crippen molar-refractivity contribution in [1.82, 2.24) is 16.2 Å². The van der Waals surface area contributed by atoms with Gasteiger partial charge >= 0.3 is 0 Å². The molecule has 0 aliphatic heterocycles. The van der Waals surface area contributed by atoms with Crippen molar-refractivity contribution in [2.45, 2.75) is 13.8 Å². The molecule has 2 amide bonds. The summed E-state index contributed by atoms with van der Waals surface area (Å²) in [6.45, 7) is 4.72. The zero-order chi connectivity index (χ0) is 19.6. The van der Waals surface area contributed by atoms with E-state index in [1.807, 2.05) is 0 Å². The van der Waals surface area contributed by atoms with Crippen molar-refractivity contribution < 1.29 is 18.7 Å². The molecule has 0 radical (unpaired) electrons. The zero-order valence-electron chi connectivity index (χ0n) is 15.0. The highest BCUT2D eigenvalue weighted by Gasteiger charge is 2.07. The number of benzene rings is 1. The van der Waals surface area contributed by atoms with E-state index < -0.39 is 11.8 Å². The first-order valence-corrected chi connectivity index (χ1v) is 8.70. The molecule has 0 fully saturated rings. The van der Waals surface area contributed by atoms with E-state index in [-0.39, 0.29) is 5.11 Å². The van der Waals surface area contributed by atoms with Gasteiger partial charge in [-0.3, -0.25) is 25.8 Å². The van der Waals surface area contributed by atoms with Crippen molar-refractivity contribution in [1.29, 1.82) is 0 Å². The molecule has 2 aromatic rings. The van der Waals surface area contributed by atoms with Crippen molar-refractivity contribution in [3.05, 3.63) is 60.1 Å². The first-order valence-electron chi connectivity index (χ1n) is 8.30. The van der Waals surface area contributed by atoms with Crippen molar-refractivity contribution in [2.75, 3.05) is 6.61 Å². The van der Waals surface area contributed by atoms with Crippen molar-refractivity contribution in [3.63, 3.8) is 0 Å². The molecule has 0 spiro atoms. The third kappa shape index (κ3) is 7.33. The summed E-state index contributed by atoms with van der Waals surface area (Å²) < 4.78 is 10.6. The van der Waals surface area contributed by atoms with E-state index in [4.69, 9.17) is 21.4 Å². The largest absolute Gasteiger partial charge is 0.493 e. The van der Waals surface area contributed by atoms with Crippen LogP contribution < -0.4 is 20.9 Å². The van der Waals surface area contributed by atoms with Crippen LogP contribution >= 0.6 is 12.2 Å². The lowest BCUT2D eigenvalue weighted by Gasteiger charge is -2.11. The second kappa shape index (κ2) is 10.1. The van der Waals surface area contributed by atoms with Crippen LogP contribution in [-0.2, 0) is 4.79 Å². The zero-order valence-corrected chi connectivity index (χ0v) is 15.8. The molecule has 0 aliphatic rings. The van der Waals surface area contributed by atoms with Gasteiger partial charge in [-0.05, 0) is 60.6 Å². The van der Waals surface area contributed by atoms with Gasteiger partial charge in [0.25, 0.3) is 5.91 Å². The maximum Gasteiger partial charge on any atom is 0.269 e. The van der Waals surface area contributed by atoms with E-state index >= 15 is 0 Å². The molecule has 1 aromatic heterocycles. The van der Waals surface area contributed by atoms with Gasteiger partial charge in [0, 0.05) is 11.6 Å². The minimum Gasteiger partial charge on any atom is -0.493 e. The van der Waals surface area contributed by atoms with Crippen LogP contribution in [0, 0.1) is 5.92 Å². The summed E-state index contributed by atoms with van der Waals surface area (Å²) in [6.07, 6.45) is 4.27. The van der Waals surface area contributed by atoms with Gasteiger partial charge in [-0.1, -0.05) is 13.8 Å². The Bertz CT molecular complexity index is 799. The normalized spacial score (nSPS) is 10.6. The highest BCUT2D eigenvalue weighted by Crippen LogP contribution is 2.13. The number of furan rings is 1. The Labute approximate surface area is 162 Å². The topological polar surface area (TPSA) is 92.6 Å². The van der Waals surface area contributed by atoms with Crippen LogP contribution in [0.5, 0.6) is 5.75 Å². The molecule has 27 heavy (non-hydrogen) atoms. The lowest BCUT2D eigenvalue weighted by atomic mass is 10.2. The molecule has 8 heteroatoms. The monoisotopic (exact) mass is 387 g/mol. The van der Waals surface area contributed by atoms with Gasteiger partial charge in [-0.2, -0.15) is 0 Å². The standard InChI is InChI=1S/C19H21N3O4S/c1-13(2)12-26-16-7-5-14(6-8-16)18(24)21-22-19(27)20-17(23)10-9-15-4-3-11-25-15/h3-11,13H,12H2,1-2H3,(H,21,24)(H2,20,22,23,27)/b10-9+. The molecule has 3 N–H and O–H groups in total. The maximum absolute atomic E-state index is 12.1. The minimum absolute atomic E-state index is 0.0330. The molecule has 0 bridgehead atoms. The molecule has 0 saturated carbocycles. The van der Waals surface area contributed by atoms with Crippen LogP contribution in [0.3, 0.4) is 0 Å². The van der Waals surface area contributed by atoms with Crippen LogP contribution in [0.2, 0.25) is 0 Å². The summed E-state index contributed by atoms with van der Waals surface area (Å²) in [5.41, 5.74) is 5.31. The van der Waals surface area contributed by atoms with E-state index in [1.54, 1.807) is 36.4 Å². The number of hydrogen-bond acceptors (Lipinski definition) is 5. The number of hydrazine groups is 1. The van der Waals surface area contributed by atoms with E-state index in [0.717, 1.165) is 0 Å². The first-order chi connectivity index (χ1) is 12.9. The van der Waals surface area contributed by atoms with Gasteiger partial charge in [0.1, 0.15) is 11.5 Å². The fraction of sp³-hybridized carbons (Fsp3) is 0.211. The Kier molecular flexibility index (Phi) is 7.57. The van der Waals surface area contributed by atoms with Crippen molar-refractivity contribution >= 4 is 35.2 Å². The summed E-state index contributed by atoms with van der Waals surface area (Å²) in [6, 6.07) is 10.1. The molecule has 0 aliphatic carbocycles. The van der Waals surface area contributed by atoms with Gasteiger partial charge in [0.2, 0.25) is 5.91 Å². The van der Waals surface area contributed by atoms with Gasteiger partial charge < -0.3 is 9.15 Å². The second-order valence-corrected chi connectivity index (χ2v) is 6.38. The Morgan fingerprint density at radius 1 is 1.19 bits per heavy atom. The molecule has 7 nitrogen and oxygen atoms in total. The molecule has 0 atom stereocenters. The van der Waals surface area contributed by atoms with Gasteiger partial charge in [0.15, 0.2) is 5.11 Å². The third-order valence-corrected chi connectivity index (χ3v) is 3.37. The van der Waals surface area contributed by atoms with E-state index in [2.05, 4.69) is 30.0 Å². The van der Waals surface area contributed by atoms with E-state index in [9.17, 15) is 9.59 Å². The van der Waals surface area contributed by atoms with Gasteiger partial charge in [-0.25, -0.2) is 0 Å². The van der Waals surface area contributed by atoms with Crippen molar-refractivity contribution in [2.24, 2.45) is 5.92 Å². The van der Waals surface area contributed by atoms with Crippen LogP contribution in [0.4, 0.5) is 0 Å². The molecule has 1 aromatic carbocycles. The fourth-order valence-electron chi connectivity index (χ4n) is 1.88. The highest BCUT2D eigenvalue weighted by molar-refractivity contribution is 7.80. The van der Waals surface area contributed by atoms with Crippen LogP contribution in [0.15, 0.2) is 53.2 Å². The fourth-order valence-corrected chi connectivity index (χ4v) is 2.03. The lowest BCUT2D eigenvalue weighted by Crippen LogP contribution is -2.48. The average molecular weight is 387 g/mol. The highest BCUT2D eigenvalue weighted by atomic mass is 32.1. The van der Waals surface area contributed by atoms with Crippen molar-refractivity contribution in [3.8, 4) is 5.75 Å². The lowest BCUT2D eigenvalue weighted by molar-refractivity contribution is -0.115.